The fourth-order valence-electron chi connectivity index (χ4n) is 1.41. The third kappa shape index (κ3) is 2.27. The van der Waals surface area contributed by atoms with Crippen LogP contribution in [0.1, 0.15) is 0 Å². The first-order valence-corrected chi connectivity index (χ1v) is 6.85. The molecule has 1 aromatic heterocycles. The number of aromatic hydroxyl groups is 1. The quantitative estimate of drug-likeness (QED) is 0.903. The Morgan fingerprint density at radius 2 is 2.12 bits per heavy atom. The molecule has 0 aliphatic carbocycles. The highest BCUT2D eigenvalue weighted by Crippen LogP contribution is 2.28. The molecule has 17 heavy (non-hydrogen) atoms. The maximum absolute atomic E-state index is 11.5. The second-order valence-electron chi connectivity index (χ2n) is 3.48. The maximum Gasteiger partial charge on any atom is 0.237 e. The van der Waals surface area contributed by atoms with E-state index in [-0.39, 0.29) is 16.6 Å². The number of hydrogen-bond donors (Lipinski definition) is 1. The Hall–Kier alpha value is -1.53. The number of phenols is 1. The van der Waals surface area contributed by atoms with Crippen molar-refractivity contribution in [1.82, 2.24) is 8.96 Å². The van der Waals surface area contributed by atoms with Crippen LogP contribution in [0.4, 0.5) is 0 Å². The minimum absolute atomic E-state index is 0.0621. The zero-order chi connectivity index (χ0) is 12.6. The number of benzene rings is 1. The van der Waals surface area contributed by atoms with Gasteiger partial charge in [0, 0.05) is 18.0 Å². The molecular weight excluding hydrogens is 264 g/mol. The Morgan fingerprint density at radius 1 is 1.41 bits per heavy atom. The highest BCUT2D eigenvalue weighted by atomic mass is 35.5. The van der Waals surface area contributed by atoms with Gasteiger partial charge in [-0.2, -0.15) is 0 Å². The van der Waals surface area contributed by atoms with Crippen LogP contribution in [-0.2, 0) is 10.0 Å². The standard InChI is InChI=1S/C10H9ClN2O3S/c1-17(15,16)13-5-4-12-10(13)7-2-3-9(14)8(11)6-7/h2-6,14H,1H3. The molecule has 0 saturated carbocycles. The van der Waals surface area contributed by atoms with E-state index in [0.29, 0.717) is 5.56 Å². The summed E-state index contributed by atoms with van der Waals surface area (Å²) in [5.41, 5.74) is 0.517. The van der Waals surface area contributed by atoms with Crippen LogP contribution in [-0.4, -0.2) is 28.7 Å². The Bertz CT molecular complexity index is 664. The number of aromatic nitrogens is 2. The average Bonchev–Trinajstić information content (AvgIpc) is 2.70. The lowest BCUT2D eigenvalue weighted by atomic mass is 10.2. The van der Waals surface area contributed by atoms with Crippen molar-refractivity contribution >= 4 is 21.6 Å². The molecule has 0 aliphatic heterocycles. The van der Waals surface area contributed by atoms with E-state index in [4.69, 9.17) is 11.6 Å². The van der Waals surface area contributed by atoms with Gasteiger partial charge in [0.25, 0.3) is 0 Å². The molecule has 5 nitrogen and oxygen atoms in total. The molecule has 0 amide bonds. The van der Waals surface area contributed by atoms with Crippen molar-refractivity contribution in [1.29, 1.82) is 0 Å². The van der Waals surface area contributed by atoms with Crippen molar-refractivity contribution in [2.75, 3.05) is 6.26 Å². The summed E-state index contributed by atoms with van der Waals surface area (Å²) in [4.78, 5) is 3.97. The number of imidazole rings is 1. The van der Waals surface area contributed by atoms with Gasteiger partial charge in [0.15, 0.2) is 5.82 Å². The zero-order valence-corrected chi connectivity index (χ0v) is 10.4. The summed E-state index contributed by atoms with van der Waals surface area (Å²) in [5, 5.41) is 9.44. The molecule has 1 aromatic carbocycles. The van der Waals surface area contributed by atoms with Crippen LogP contribution in [0.3, 0.4) is 0 Å². The van der Waals surface area contributed by atoms with Crippen molar-refractivity contribution in [2.45, 2.75) is 0 Å². The van der Waals surface area contributed by atoms with E-state index in [9.17, 15) is 13.5 Å². The molecule has 0 bridgehead atoms. The van der Waals surface area contributed by atoms with Gasteiger partial charge < -0.3 is 5.11 Å². The smallest absolute Gasteiger partial charge is 0.237 e. The van der Waals surface area contributed by atoms with Crippen molar-refractivity contribution in [3.05, 3.63) is 35.6 Å². The van der Waals surface area contributed by atoms with Gasteiger partial charge in [-0.25, -0.2) is 17.4 Å². The van der Waals surface area contributed by atoms with Gasteiger partial charge in [0.05, 0.1) is 11.3 Å². The van der Waals surface area contributed by atoms with Gasteiger partial charge in [0.1, 0.15) is 5.75 Å². The van der Waals surface area contributed by atoms with E-state index in [1.54, 1.807) is 6.07 Å². The summed E-state index contributed by atoms with van der Waals surface area (Å²) in [5.74, 6) is 0.197. The molecule has 7 heteroatoms. The Morgan fingerprint density at radius 3 is 2.71 bits per heavy atom. The van der Waals surface area contributed by atoms with Crippen LogP contribution < -0.4 is 0 Å². The van der Waals surface area contributed by atoms with Crippen molar-refractivity contribution in [3.8, 4) is 17.1 Å². The zero-order valence-electron chi connectivity index (χ0n) is 8.83. The fourth-order valence-corrected chi connectivity index (χ4v) is 2.33. The SMILES string of the molecule is CS(=O)(=O)n1ccnc1-c1ccc(O)c(Cl)c1. The van der Waals surface area contributed by atoms with Crippen LogP contribution in [0.5, 0.6) is 5.75 Å². The van der Waals surface area contributed by atoms with E-state index in [0.717, 1.165) is 10.2 Å². The lowest BCUT2D eigenvalue weighted by Gasteiger charge is -2.06. The fraction of sp³-hybridized carbons (Fsp3) is 0.100. The van der Waals surface area contributed by atoms with Crippen LogP contribution in [0, 0.1) is 0 Å². The van der Waals surface area contributed by atoms with Crippen LogP contribution in [0.15, 0.2) is 30.6 Å². The molecule has 0 unspecified atom stereocenters. The van der Waals surface area contributed by atoms with Crippen LogP contribution in [0.2, 0.25) is 5.02 Å². The maximum atomic E-state index is 11.5. The Balaban J connectivity index is 2.62. The molecule has 0 radical (unpaired) electrons. The Kier molecular flexibility index (Phi) is 2.84. The molecule has 2 aromatic rings. The lowest BCUT2D eigenvalue weighted by molar-refractivity contribution is 0.475. The summed E-state index contributed by atoms with van der Waals surface area (Å²) >= 11 is 5.76. The minimum atomic E-state index is -3.41. The molecular formula is C10H9ClN2O3S. The molecule has 0 aliphatic rings. The third-order valence-electron chi connectivity index (χ3n) is 2.17. The number of nitrogens with zero attached hydrogens (tertiary/aromatic N) is 2. The van der Waals surface area contributed by atoms with Crippen molar-refractivity contribution in [3.63, 3.8) is 0 Å². The van der Waals surface area contributed by atoms with Gasteiger partial charge in [-0.05, 0) is 18.2 Å². The molecule has 0 spiro atoms. The number of hydrogen-bond acceptors (Lipinski definition) is 4. The molecule has 0 saturated heterocycles. The van der Waals surface area contributed by atoms with Crippen molar-refractivity contribution < 1.29 is 13.5 Å². The molecule has 90 valence electrons. The highest BCUT2D eigenvalue weighted by molar-refractivity contribution is 7.89. The van der Waals surface area contributed by atoms with E-state index in [1.165, 1.54) is 24.5 Å². The van der Waals surface area contributed by atoms with E-state index in [1.807, 2.05) is 0 Å². The number of rotatable bonds is 2. The predicted octanol–water partition coefficient (Wildman–Crippen LogP) is 1.72. The highest BCUT2D eigenvalue weighted by Gasteiger charge is 2.14. The summed E-state index contributed by atoms with van der Waals surface area (Å²) in [7, 11) is -3.41. The normalized spacial score (nSPS) is 11.6. The second-order valence-corrected chi connectivity index (χ2v) is 5.74. The number of phenolic OH excluding ortho intramolecular Hbond substituents is 1. The van der Waals surface area contributed by atoms with E-state index < -0.39 is 10.0 Å². The largest absolute Gasteiger partial charge is 0.506 e. The second kappa shape index (κ2) is 4.05. The van der Waals surface area contributed by atoms with Gasteiger partial charge in [-0.3, -0.25) is 0 Å². The average molecular weight is 273 g/mol. The predicted molar refractivity (Wildman–Crippen MR) is 64.6 cm³/mol. The molecule has 1 heterocycles. The van der Waals surface area contributed by atoms with Crippen LogP contribution in [0.25, 0.3) is 11.4 Å². The van der Waals surface area contributed by atoms with Crippen molar-refractivity contribution in [2.24, 2.45) is 0 Å². The summed E-state index contributed by atoms with van der Waals surface area (Å²) in [6.45, 7) is 0. The first kappa shape index (κ1) is 11.9. The van der Waals surface area contributed by atoms with E-state index >= 15 is 0 Å². The molecule has 0 fully saturated rings. The van der Waals surface area contributed by atoms with Gasteiger partial charge in [-0.15, -0.1) is 0 Å². The molecule has 2 rings (SSSR count). The summed E-state index contributed by atoms with van der Waals surface area (Å²) < 4.78 is 24.0. The minimum Gasteiger partial charge on any atom is -0.506 e. The Labute approximate surface area is 103 Å². The first-order chi connectivity index (χ1) is 7.89. The van der Waals surface area contributed by atoms with Crippen LogP contribution >= 0.6 is 11.6 Å². The lowest BCUT2D eigenvalue weighted by Crippen LogP contribution is -2.10. The molecule has 0 atom stereocenters. The van der Waals surface area contributed by atoms with E-state index in [2.05, 4.69) is 4.98 Å². The van der Waals surface area contributed by atoms with Gasteiger partial charge in [-0.1, -0.05) is 11.6 Å². The number of halogens is 1. The summed E-state index contributed by atoms with van der Waals surface area (Å²) in [6, 6.07) is 4.39. The first-order valence-electron chi connectivity index (χ1n) is 4.62. The summed E-state index contributed by atoms with van der Waals surface area (Å²) in [6.07, 6.45) is 3.82. The van der Waals surface area contributed by atoms with Gasteiger partial charge in [0.2, 0.25) is 10.0 Å². The topological polar surface area (TPSA) is 72.2 Å². The van der Waals surface area contributed by atoms with Gasteiger partial charge >= 0.3 is 0 Å². The molecule has 1 N–H and O–H groups in total. The third-order valence-corrected chi connectivity index (χ3v) is 3.48. The monoisotopic (exact) mass is 272 g/mol.